The first-order valence-corrected chi connectivity index (χ1v) is 12.8. The lowest BCUT2D eigenvalue weighted by atomic mass is 9.95. The lowest BCUT2D eigenvalue weighted by Gasteiger charge is -2.12. The zero-order valence-electron chi connectivity index (χ0n) is 20.9. The first kappa shape index (κ1) is 22.2. The second-order valence-electron chi connectivity index (χ2n) is 9.53. The molecule has 0 amide bonds. The predicted octanol–water partition coefficient (Wildman–Crippen LogP) is 9.35. The van der Waals surface area contributed by atoms with E-state index in [1.165, 1.54) is 11.1 Å². The number of rotatable bonds is 4. The topological polar surface area (TPSA) is 38.9 Å². The van der Waals surface area contributed by atoms with Gasteiger partial charge in [0.25, 0.3) is 0 Å². The van der Waals surface area contributed by atoms with Gasteiger partial charge in [-0.25, -0.2) is 9.97 Å². The number of fused-ring (bicyclic) bond motifs is 3. The number of nitrogens with zero attached hydrogens (tertiary/aromatic N) is 2. The molecule has 0 aliphatic rings. The normalized spacial score (nSPS) is 11.3. The Morgan fingerprint density at radius 2 is 1.11 bits per heavy atom. The van der Waals surface area contributed by atoms with Crippen molar-refractivity contribution >= 4 is 21.9 Å². The van der Waals surface area contributed by atoms with Crippen molar-refractivity contribution in [2.24, 2.45) is 0 Å². The van der Waals surface area contributed by atoms with Gasteiger partial charge in [0, 0.05) is 22.0 Å². The standard InChI is InChI=1S/C35H24N2O/c1-23-19-32(37-35(36-23)31-17-10-16-30-29-15-8-9-18-33(29)38-34(30)31)28-21-26(24-11-4-2-5-12-24)20-27(22-28)25-13-6-3-7-14-25/h2-22H,1H3. The van der Waals surface area contributed by atoms with Crippen LogP contribution in [-0.2, 0) is 0 Å². The Labute approximate surface area is 221 Å². The van der Waals surface area contributed by atoms with Crippen molar-refractivity contribution in [2.75, 3.05) is 0 Å². The fraction of sp³-hybridized carbons (Fsp3) is 0.0286. The predicted molar refractivity (Wildman–Crippen MR) is 156 cm³/mol. The van der Waals surface area contributed by atoms with Gasteiger partial charge < -0.3 is 4.42 Å². The van der Waals surface area contributed by atoms with Crippen molar-refractivity contribution < 1.29 is 4.42 Å². The number of para-hydroxylation sites is 2. The van der Waals surface area contributed by atoms with E-state index in [0.29, 0.717) is 5.82 Å². The molecule has 0 fully saturated rings. The monoisotopic (exact) mass is 488 g/mol. The molecule has 5 aromatic carbocycles. The molecule has 0 spiro atoms. The highest BCUT2D eigenvalue weighted by molar-refractivity contribution is 6.09. The Kier molecular flexibility index (Phi) is 5.33. The molecule has 38 heavy (non-hydrogen) atoms. The highest BCUT2D eigenvalue weighted by Gasteiger charge is 2.16. The van der Waals surface area contributed by atoms with Crippen molar-refractivity contribution in [3.63, 3.8) is 0 Å². The maximum atomic E-state index is 6.30. The van der Waals surface area contributed by atoms with E-state index in [0.717, 1.165) is 55.6 Å². The molecule has 0 atom stereocenters. The summed E-state index contributed by atoms with van der Waals surface area (Å²) in [5.41, 5.74) is 10.1. The van der Waals surface area contributed by atoms with E-state index in [4.69, 9.17) is 14.4 Å². The molecule has 7 aromatic rings. The van der Waals surface area contributed by atoms with Crippen molar-refractivity contribution in [3.8, 4) is 44.9 Å². The molecule has 7 rings (SSSR count). The van der Waals surface area contributed by atoms with E-state index in [1.807, 2.05) is 43.3 Å². The van der Waals surface area contributed by atoms with Gasteiger partial charge >= 0.3 is 0 Å². The third-order valence-electron chi connectivity index (χ3n) is 6.94. The van der Waals surface area contributed by atoms with Crippen LogP contribution in [0.3, 0.4) is 0 Å². The highest BCUT2D eigenvalue weighted by atomic mass is 16.3. The van der Waals surface area contributed by atoms with Gasteiger partial charge in [-0.05, 0) is 65.6 Å². The molecular weight excluding hydrogens is 464 g/mol. The molecule has 0 saturated carbocycles. The summed E-state index contributed by atoms with van der Waals surface area (Å²) < 4.78 is 6.30. The van der Waals surface area contributed by atoms with E-state index in [1.54, 1.807) is 0 Å². The van der Waals surface area contributed by atoms with Gasteiger partial charge in [-0.1, -0.05) is 91.0 Å². The minimum Gasteiger partial charge on any atom is -0.455 e. The van der Waals surface area contributed by atoms with E-state index < -0.39 is 0 Å². The van der Waals surface area contributed by atoms with Crippen LogP contribution >= 0.6 is 0 Å². The molecule has 180 valence electrons. The van der Waals surface area contributed by atoms with Crippen LogP contribution in [0.5, 0.6) is 0 Å². The summed E-state index contributed by atoms with van der Waals surface area (Å²) in [4.78, 5) is 9.93. The average molecular weight is 489 g/mol. The zero-order valence-corrected chi connectivity index (χ0v) is 20.9. The first-order chi connectivity index (χ1) is 18.7. The molecule has 3 nitrogen and oxygen atoms in total. The van der Waals surface area contributed by atoms with E-state index in [-0.39, 0.29) is 0 Å². The fourth-order valence-corrected chi connectivity index (χ4v) is 5.13. The first-order valence-electron chi connectivity index (χ1n) is 12.8. The van der Waals surface area contributed by atoms with Gasteiger partial charge in [0.1, 0.15) is 11.2 Å². The molecule has 0 N–H and O–H groups in total. The summed E-state index contributed by atoms with van der Waals surface area (Å²) in [6, 6.07) is 44.0. The Morgan fingerprint density at radius 3 is 1.82 bits per heavy atom. The summed E-state index contributed by atoms with van der Waals surface area (Å²) in [6.07, 6.45) is 0. The molecule has 0 aliphatic carbocycles. The SMILES string of the molecule is Cc1cc(-c2cc(-c3ccccc3)cc(-c3ccccc3)c2)nc(-c2cccc3c2oc2ccccc23)n1. The molecule has 0 aliphatic heterocycles. The largest absolute Gasteiger partial charge is 0.455 e. The number of hydrogen-bond acceptors (Lipinski definition) is 3. The van der Waals surface area contributed by atoms with Crippen molar-refractivity contribution in [1.29, 1.82) is 0 Å². The number of aryl methyl sites for hydroxylation is 1. The summed E-state index contributed by atoms with van der Waals surface area (Å²) in [5.74, 6) is 0.663. The third-order valence-corrected chi connectivity index (χ3v) is 6.94. The van der Waals surface area contributed by atoms with Crippen molar-refractivity contribution in [2.45, 2.75) is 6.92 Å². The number of furan rings is 1. The van der Waals surface area contributed by atoms with Gasteiger partial charge in [-0.15, -0.1) is 0 Å². The molecular formula is C35H24N2O. The highest BCUT2D eigenvalue weighted by Crippen LogP contribution is 2.36. The van der Waals surface area contributed by atoms with Crippen LogP contribution in [-0.4, -0.2) is 9.97 Å². The number of aromatic nitrogens is 2. The smallest absolute Gasteiger partial charge is 0.163 e. The van der Waals surface area contributed by atoms with Crippen molar-refractivity contribution in [1.82, 2.24) is 9.97 Å². The Bertz CT molecular complexity index is 1860. The maximum Gasteiger partial charge on any atom is 0.163 e. The van der Waals surface area contributed by atoms with Crippen LogP contribution in [0.4, 0.5) is 0 Å². The van der Waals surface area contributed by atoms with Gasteiger partial charge in [-0.2, -0.15) is 0 Å². The molecule has 0 radical (unpaired) electrons. The minimum absolute atomic E-state index is 0.663. The van der Waals surface area contributed by atoms with Crippen LogP contribution < -0.4 is 0 Å². The van der Waals surface area contributed by atoms with E-state index in [9.17, 15) is 0 Å². The van der Waals surface area contributed by atoms with Crippen LogP contribution in [0.2, 0.25) is 0 Å². The quantitative estimate of drug-likeness (QED) is 0.248. The van der Waals surface area contributed by atoms with Gasteiger partial charge in [0.15, 0.2) is 5.82 Å². The minimum atomic E-state index is 0.663. The lowest BCUT2D eigenvalue weighted by molar-refractivity contribution is 0.669. The zero-order chi connectivity index (χ0) is 25.5. The Hall–Kier alpha value is -5.02. The molecule has 2 heterocycles. The summed E-state index contributed by atoms with van der Waals surface area (Å²) in [6.45, 7) is 2.02. The molecule has 0 unspecified atom stereocenters. The second kappa shape index (κ2) is 9.13. The number of hydrogen-bond donors (Lipinski definition) is 0. The van der Waals surface area contributed by atoms with Crippen LogP contribution in [0.1, 0.15) is 5.69 Å². The third kappa shape index (κ3) is 3.95. The second-order valence-corrected chi connectivity index (χ2v) is 9.53. The summed E-state index contributed by atoms with van der Waals surface area (Å²) in [7, 11) is 0. The molecule has 0 bridgehead atoms. The molecule has 0 saturated heterocycles. The van der Waals surface area contributed by atoms with Crippen LogP contribution in [0, 0.1) is 6.92 Å². The van der Waals surface area contributed by atoms with Gasteiger partial charge in [-0.3, -0.25) is 0 Å². The fourth-order valence-electron chi connectivity index (χ4n) is 5.13. The Balaban J connectivity index is 1.43. The number of benzene rings is 5. The summed E-state index contributed by atoms with van der Waals surface area (Å²) >= 11 is 0. The van der Waals surface area contributed by atoms with Crippen LogP contribution in [0.15, 0.2) is 132 Å². The van der Waals surface area contributed by atoms with Crippen molar-refractivity contribution in [3.05, 3.63) is 133 Å². The maximum absolute atomic E-state index is 6.30. The lowest BCUT2D eigenvalue weighted by Crippen LogP contribution is -1.96. The summed E-state index contributed by atoms with van der Waals surface area (Å²) in [5, 5.41) is 2.17. The Morgan fingerprint density at radius 1 is 0.500 bits per heavy atom. The molecule has 2 aromatic heterocycles. The molecule has 3 heteroatoms. The van der Waals surface area contributed by atoms with E-state index in [2.05, 4.69) is 91.0 Å². The van der Waals surface area contributed by atoms with E-state index >= 15 is 0 Å². The van der Waals surface area contributed by atoms with Crippen LogP contribution in [0.25, 0.3) is 66.8 Å². The van der Waals surface area contributed by atoms with Gasteiger partial charge in [0.2, 0.25) is 0 Å². The average Bonchev–Trinajstić information content (AvgIpc) is 3.36. The van der Waals surface area contributed by atoms with Gasteiger partial charge in [0.05, 0.1) is 11.3 Å².